The third-order valence-electron chi connectivity index (χ3n) is 5.69. The Morgan fingerprint density at radius 2 is 1.87 bits per heavy atom. The molecular weight excluding hydrogens is 394 g/mol. The fraction of sp³-hybridized carbons (Fsp3) is 0.280. The summed E-state index contributed by atoms with van der Waals surface area (Å²) in [6, 6.07) is 13.0. The molecule has 0 saturated heterocycles. The number of fused-ring (bicyclic) bond motifs is 2. The largest absolute Gasteiger partial charge is 0.464 e. The number of hydrogen-bond donors (Lipinski definition) is 2. The van der Waals surface area contributed by atoms with Crippen LogP contribution in [0, 0.1) is 13.8 Å². The lowest BCUT2D eigenvalue weighted by Crippen LogP contribution is -2.39. The van der Waals surface area contributed by atoms with Gasteiger partial charge in [-0.1, -0.05) is 30.3 Å². The van der Waals surface area contributed by atoms with Gasteiger partial charge in [-0.2, -0.15) is 0 Å². The maximum absolute atomic E-state index is 12.6. The average Bonchev–Trinajstić information content (AvgIpc) is 3.12. The van der Waals surface area contributed by atoms with Crippen molar-refractivity contribution < 1.29 is 18.7 Å². The number of furan rings is 1. The van der Waals surface area contributed by atoms with Gasteiger partial charge in [0.05, 0.1) is 18.9 Å². The number of hydrogen-bond acceptors (Lipinski definition) is 5. The van der Waals surface area contributed by atoms with Crippen LogP contribution in [0.5, 0.6) is 0 Å². The lowest BCUT2D eigenvalue weighted by molar-refractivity contribution is -0.122. The number of aliphatic hydroxyl groups is 1. The van der Waals surface area contributed by atoms with E-state index in [1.54, 1.807) is 12.3 Å². The predicted molar refractivity (Wildman–Crippen MR) is 119 cm³/mol. The first kappa shape index (κ1) is 20.9. The van der Waals surface area contributed by atoms with Gasteiger partial charge in [-0.05, 0) is 49.4 Å². The summed E-state index contributed by atoms with van der Waals surface area (Å²) in [7, 11) is 0. The van der Waals surface area contributed by atoms with Gasteiger partial charge in [0.15, 0.2) is 0 Å². The van der Waals surface area contributed by atoms with Crippen LogP contribution < -0.4 is 10.9 Å². The molecule has 0 fully saturated rings. The molecule has 0 aliphatic rings. The highest BCUT2D eigenvalue weighted by Crippen LogP contribution is 2.29. The number of aryl methyl sites for hydroxylation is 2. The molecule has 31 heavy (non-hydrogen) atoms. The maximum Gasteiger partial charge on any atom is 0.339 e. The van der Waals surface area contributed by atoms with E-state index < -0.39 is 5.63 Å². The van der Waals surface area contributed by atoms with Crippen LogP contribution in [-0.2, 0) is 17.6 Å². The summed E-state index contributed by atoms with van der Waals surface area (Å²) in [5, 5.41) is 14.3. The van der Waals surface area contributed by atoms with Crippen LogP contribution in [0.25, 0.3) is 21.9 Å². The minimum Gasteiger partial charge on any atom is -0.464 e. The molecule has 1 atom stereocenters. The van der Waals surface area contributed by atoms with E-state index in [-0.39, 0.29) is 31.4 Å². The molecule has 0 unspecified atom stereocenters. The Kier molecular flexibility index (Phi) is 5.91. The van der Waals surface area contributed by atoms with Crippen LogP contribution in [0.4, 0.5) is 0 Å². The minimum absolute atomic E-state index is 0.134. The molecule has 0 saturated carbocycles. The van der Waals surface area contributed by atoms with Crippen molar-refractivity contribution in [2.45, 2.75) is 39.2 Å². The van der Waals surface area contributed by atoms with Gasteiger partial charge in [-0.25, -0.2) is 4.79 Å². The van der Waals surface area contributed by atoms with Gasteiger partial charge in [-0.15, -0.1) is 0 Å². The smallest absolute Gasteiger partial charge is 0.339 e. The first-order valence-corrected chi connectivity index (χ1v) is 10.3. The van der Waals surface area contributed by atoms with Crippen LogP contribution >= 0.6 is 0 Å². The van der Waals surface area contributed by atoms with Crippen LogP contribution in [0.3, 0.4) is 0 Å². The van der Waals surface area contributed by atoms with Crippen LogP contribution in [-0.4, -0.2) is 23.7 Å². The summed E-state index contributed by atoms with van der Waals surface area (Å²) in [5.41, 5.74) is 4.05. The monoisotopic (exact) mass is 419 g/mol. The Morgan fingerprint density at radius 1 is 1.10 bits per heavy atom. The van der Waals surface area contributed by atoms with Gasteiger partial charge in [0.1, 0.15) is 11.2 Å². The molecule has 1 amide bonds. The zero-order valence-corrected chi connectivity index (χ0v) is 17.6. The third kappa shape index (κ3) is 4.39. The molecule has 2 heterocycles. The van der Waals surface area contributed by atoms with E-state index in [2.05, 4.69) is 5.32 Å². The first-order valence-electron chi connectivity index (χ1n) is 10.3. The predicted octanol–water partition coefficient (Wildman–Crippen LogP) is 3.81. The highest BCUT2D eigenvalue weighted by molar-refractivity contribution is 5.96. The van der Waals surface area contributed by atoms with Crippen molar-refractivity contribution in [1.82, 2.24) is 5.32 Å². The molecule has 0 aliphatic heterocycles. The van der Waals surface area contributed by atoms with E-state index in [9.17, 15) is 14.7 Å². The van der Waals surface area contributed by atoms with E-state index in [0.717, 1.165) is 27.5 Å². The van der Waals surface area contributed by atoms with Crippen molar-refractivity contribution in [3.05, 3.63) is 81.4 Å². The number of carbonyl (C=O) groups excluding carboxylic acids is 1. The molecule has 4 rings (SSSR count). The molecule has 0 aliphatic carbocycles. The fourth-order valence-electron chi connectivity index (χ4n) is 3.92. The van der Waals surface area contributed by atoms with Crippen LogP contribution in [0.15, 0.2) is 62.4 Å². The van der Waals surface area contributed by atoms with E-state index >= 15 is 0 Å². The number of nitrogens with one attached hydrogen (secondary N) is 1. The standard InChI is InChI=1S/C25H25NO5/c1-15-14-30-22-12-23-21(11-20(15)22)16(2)19(25(29)31-23)8-9-24(28)26-18(13-27)10-17-6-4-3-5-7-17/h3-7,11-12,14,18,27H,8-10,13H2,1-2H3,(H,26,28)/t18-/m1/s1. The fourth-order valence-corrected chi connectivity index (χ4v) is 3.92. The number of carbonyl (C=O) groups is 1. The van der Waals surface area contributed by atoms with Crippen LogP contribution in [0.1, 0.15) is 28.7 Å². The average molecular weight is 419 g/mol. The summed E-state index contributed by atoms with van der Waals surface area (Å²) >= 11 is 0. The summed E-state index contributed by atoms with van der Waals surface area (Å²) in [4.78, 5) is 25.0. The summed E-state index contributed by atoms with van der Waals surface area (Å²) < 4.78 is 11.0. The molecule has 0 radical (unpaired) electrons. The molecule has 0 spiro atoms. The molecule has 6 nitrogen and oxygen atoms in total. The van der Waals surface area contributed by atoms with Crippen molar-refractivity contribution >= 4 is 27.8 Å². The Bertz CT molecular complexity index is 1290. The van der Waals surface area contributed by atoms with Gasteiger partial charge in [-0.3, -0.25) is 4.79 Å². The lowest BCUT2D eigenvalue weighted by Gasteiger charge is -2.16. The highest BCUT2D eigenvalue weighted by Gasteiger charge is 2.17. The minimum atomic E-state index is -0.441. The summed E-state index contributed by atoms with van der Waals surface area (Å²) in [5.74, 6) is -0.213. The molecule has 6 heteroatoms. The molecular formula is C25H25NO5. The third-order valence-corrected chi connectivity index (χ3v) is 5.69. The van der Waals surface area contributed by atoms with Crippen LogP contribution in [0.2, 0.25) is 0 Å². The highest BCUT2D eigenvalue weighted by atomic mass is 16.4. The summed E-state index contributed by atoms with van der Waals surface area (Å²) in [6.45, 7) is 3.68. The molecule has 2 N–H and O–H groups in total. The van der Waals surface area contributed by atoms with Crippen molar-refractivity contribution in [1.29, 1.82) is 0 Å². The van der Waals surface area contributed by atoms with Crippen molar-refractivity contribution in [3.63, 3.8) is 0 Å². The Hall–Kier alpha value is -3.38. The van der Waals surface area contributed by atoms with E-state index in [1.165, 1.54) is 0 Å². The molecule has 4 aromatic rings. The Morgan fingerprint density at radius 3 is 2.61 bits per heavy atom. The first-order chi connectivity index (χ1) is 15.0. The normalized spacial score (nSPS) is 12.4. The van der Waals surface area contributed by atoms with Gasteiger partial charge < -0.3 is 19.3 Å². The second kappa shape index (κ2) is 8.78. The SMILES string of the molecule is Cc1coc2cc3oc(=O)c(CCC(=O)N[C@@H](CO)Cc4ccccc4)c(C)c3cc12. The zero-order chi connectivity index (χ0) is 22.0. The topological polar surface area (TPSA) is 92.7 Å². The van der Waals surface area contributed by atoms with E-state index in [0.29, 0.717) is 23.2 Å². The second-order valence-corrected chi connectivity index (χ2v) is 7.89. The van der Waals surface area contributed by atoms with Gasteiger partial charge in [0, 0.05) is 28.8 Å². The number of benzene rings is 2. The molecule has 160 valence electrons. The van der Waals surface area contributed by atoms with E-state index in [1.807, 2.05) is 50.2 Å². The molecule has 0 bridgehead atoms. The molecule has 2 aromatic carbocycles. The van der Waals surface area contributed by atoms with Gasteiger partial charge in [0.25, 0.3) is 0 Å². The quantitative estimate of drug-likeness (QED) is 0.445. The maximum atomic E-state index is 12.6. The number of amides is 1. The van der Waals surface area contributed by atoms with Crippen molar-refractivity contribution in [3.8, 4) is 0 Å². The Balaban J connectivity index is 1.50. The zero-order valence-electron chi connectivity index (χ0n) is 17.6. The lowest BCUT2D eigenvalue weighted by atomic mass is 10.0. The van der Waals surface area contributed by atoms with Gasteiger partial charge >= 0.3 is 5.63 Å². The Labute approximate surface area is 179 Å². The second-order valence-electron chi connectivity index (χ2n) is 7.89. The van der Waals surface area contributed by atoms with Crippen molar-refractivity contribution in [2.75, 3.05) is 6.61 Å². The van der Waals surface area contributed by atoms with Gasteiger partial charge in [0.2, 0.25) is 5.91 Å². The summed E-state index contributed by atoms with van der Waals surface area (Å²) in [6.07, 6.45) is 2.62. The van der Waals surface area contributed by atoms with Crippen molar-refractivity contribution in [2.24, 2.45) is 0 Å². The number of aliphatic hydroxyl groups excluding tert-OH is 1. The number of rotatable bonds is 7. The van der Waals surface area contributed by atoms with E-state index in [4.69, 9.17) is 8.83 Å². The molecule has 2 aromatic heterocycles.